The van der Waals surface area contributed by atoms with Gasteiger partial charge in [0.2, 0.25) is 17.7 Å². The number of ether oxygens (including phenoxy) is 2. The number of aromatic nitrogens is 2. The predicted molar refractivity (Wildman–Crippen MR) is 103 cm³/mol. The van der Waals surface area contributed by atoms with Gasteiger partial charge in [-0.2, -0.15) is 0 Å². The maximum Gasteiger partial charge on any atom is 0.246 e. The van der Waals surface area contributed by atoms with Crippen LogP contribution in [0.5, 0.6) is 11.5 Å². The summed E-state index contributed by atoms with van der Waals surface area (Å²) in [6.45, 7) is 1.39. The van der Waals surface area contributed by atoms with E-state index in [-0.39, 0.29) is 11.8 Å². The number of hydrogen-bond acceptors (Lipinski definition) is 6. The summed E-state index contributed by atoms with van der Waals surface area (Å²) in [6.07, 6.45) is 7.42. The number of piperidine rings is 1. The molecule has 2 aromatic rings. The molecule has 0 radical (unpaired) electrons. The standard InChI is InChI=1S/C21H25N3O4/c1-26-17-7-3-14(13-18(17)27-2)4-8-19(25)24-11-9-16(10-12-24)21-23-22-20(28-21)15-5-6-15/h3-4,7-8,13,15-16H,5-6,9-12H2,1-2H3. The second-order valence-electron chi connectivity index (χ2n) is 7.30. The molecule has 0 N–H and O–H groups in total. The summed E-state index contributed by atoms with van der Waals surface area (Å²) in [4.78, 5) is 14.4. The van der Waals surface area contributed by atoms with Crippen molar-refractivity contribution in [3.8, 4) is 11.5 Å². The SMILES string of the molecule is COc1ccc(C=CC(=O)N2CCC(c3nnc(C4CC4)o3)CC2)cc1OC. The zero-order chi connectivity index (χ0) is 19.5. The predicted octanol–water partition coefficient (Wildman–Crippen LogP) is 3.38. The van der Waals surface area contributed by atoms with E-state index in [9.17, 15) is 4.79 Å². The number of benzene rings is 1. The highest BCUT2D eigenvalue weighted by atomic mass is 16.5. The maximum absolute atomic E-state index is 12.5. The third-order valence-electron chi connectivity index (χ3n) is 5.36. The maximum atomic E-state index is 12.5. The van der Waals surface area contributed by atoms with Gasteiger partial charge in [0.1, 0.15) is 0 Å². The first-order valence-electron chi connectivity index (χ1n) is 9.70. The van der Waals surface area contributed by atoms with Crippen LogP contribution in [0.15, 0.2) is 28.7 Å². The molecule has 1 amide bonds. The van der Waals surface area contributed by atoms with Gasteiger partial charge in [-0.3, -0.25) is 4.79 Å². The van der Waals surface area contributed by atoms with Crippen molar-refractivity contribution in [3.63, 3.8) is 0 Å². The average Bonchev–Trinajstić information content (AvgIpc) is 3.48. The van der Waals surface area contributed by atoms with Crippen molar-refractivity contribution in [2.45, 2.75) is 37.5 Å². The van der Waals surface area contributed by atoms with Crippen LogP contribution in [-0.4, -0.2) is 48.3 Å². The van der Waals surface area contributed by atoms with Crippen molar-refractivity contribution in [1.29, 1.82) is 0 Å². The Kier molecular flexibility index (Phi) is 5.32. The van der Waals surface area contributed by atoms with Gasteiger partial charge in [-0.1, -0.05) is 6.07 Å². The molecule has 28 heavy (non-hydrogen) atoms. The number of nitrogens with zero attached hydrogens (tertiary/aromatic N) is 3. The highest BCUT2D eigenvalue weighted by Gasteiger charge is 2.32. The van der Waals surface area contributed by atoms with Crippen molar-refractivity contribution >= 4 is 12.0 Å². The first-order valence-corrected chi connectivity index (χ1v) is 9.70. The van der Waals surface area contributed by atoms with Gasteiger partial charge in [0.25, 0.3) is 0 Å². The molecular formula is C21H25N3O4. The van der Waals surface area contributed by atoms with E-state index in [0.717, 1.165) is 43.0 Å². The summed E-state index contributed by atoms with van der Waals surface area (Å²) in [5.74, 6) is 3.56. The Labute approximate surface area is 164 Å². The van der Waals surface area contributed by atoms with Crippen molar-refractivity contribution < 1.29 is 18.7 Å². The summed E-state index contributed by atoms with van der Waals surface area (Å²) in [7, 11) is 3.19. The molecule has 1 aliphatic heterocycles. The topological polar surface area (TPSA) is 77.7 Å². The molecule has 148 valence electrons. The molecule has 2 heterocycles. The third-order valence-corrected chi connectivity index (χ3v) is 5.36. The van der Waals surface area contributed by atoms with E-state index in [4.69, 9.17) is 13.9 Å². The zero-order valence-corrected chi connectivity index (χ0v) is 16.3. The lowest BCUT2D eigenvalue weighted by Gasteiger charge is -2.29. The number of amides is 1. The van der Waals surface area contributed by atoms with Crippen molar-refractivity contribution in [2.24, 2.45) is 0 Å². The minimum absolute atomic E-state index is 0.0115. The van der Waals surface area contributed by atoms with Crippen molar-refractivity contribution in [2.75, 3.05) is 27.3 Å². The molecule has 0 unspecified atom stereocenters. The Morgan fingerprint density at radius 1 is 1.04 bits per heavy atom. The van der Waals surface area contributed by atoms with Crippen LogP contribution < -0.4 is 9.47 Å². The Hall–Kier alpha value is -2.83. The van der Waals surface area contributed by atoms with E-state index in [0.29, 0.717) is 30.5 Å². The molecule has 7 heteroatoms. The molecule has 1 aromatic carbocycles. The minimum atomic E-state index is 0.0115. The monoisotopic (exact) mass is 383 g/mol. The summed E-state index contributed by atoms with van der Waals surface area (Å²) in [6, 6.07) is 5.57. The molecule has 0 bridgehead atoms. The lowest BCUT2D eigenvalue weighted by Crippen LogP contribution is -2.36. The van der Waals surface area contributed by atoms with Crippen LogP contribution in [0, 0.1) is 0 Å². The highest BCUT2D eigenvalue weighted by Crippen LogP contribution is 2.40. The molecule has 1 saturated heterocycles. The van der Waals surface area contributed by atoms with Crippen molar-refractivity contribution in [1.82, 2.24) is 15.1 Å². The van der Waals surface area contributed by atoms with E-state index >= 15 is 0 Å². The molecule has 1 saturated carbocycles. The molecular weight excluding hydrogens is 358 g/mol. The van der Waals surface area contributed by atoms with E-state index in [2.05, 4.69) is 10.2 Å². The number of likely N-dealkylation sites (tertiary alicyclic amines) is 1. The highest BCUT2D eigenvalue weighted by molar-refractivity contribution is 5.92. The van der Waals surface area contributed by atoms with E-state index in [1.165, 1.54) is 0 Å². The number of carbonyl (C=O) groups is 1. The summed E-state index contributed by atoms with van der Waals surface area (Å²) in [5.41, 5.74) is 0.888. The van der Waals surface area contributed by atoms with Gasteiger partial charge in [0.05, 0.1) is 14.2 Å². The summed E-state index contributed by atoms with van der Waals surface area (Å²) in [5, 5.41) is 8.39. The van der Waals surface area contributed by atoms with E-state index < -0.39 is 0 Å². The minimum Gasteiger partial charge on any atom is -0.493 e. The van der Waals surface area contributed by atoms with Gasteiger partial charge in [0.15, 0.2) is 11.5 Å². The number of methoxy groups -OCH3 is 2. The van der Waals surface area contributed by atoms with Crippen LogP contribution in [0.25, 0.3) is 6.08 Å². The molecule has 4 rings (SSSR count). The second kappa shape index (κ2) is 8.04. The number of carbonyl (C=O) groups excluding carboxylic acids is 1. The molecule has 1 aliphatic carbocycles. The fourth-order valence-electron chi connectivity index (χ4n) is 3.48. The van der Waals surface area contributed by atoms with Gasteiger partial charge >= 0.3 is 0 Å². The smallest absolute Gasteiger partial charge is 0.246 e. The molecule has 2 fully saturated rings. The largest absolute Gasteiger partial charge is 0.493 e. The van der Waals surface area contributed by atoms with Crippen LogP contribution in [0.1, 0.15) is 54.9 Å². The van der Waals surface area contributed by atoms with Gasteiger partial charge < -0.3 is 18.8 Å². The second-order valence-corrected chi connectivity index (χ2v) is 7.30. The fraction of sp³-hybridized carbons (Fsp3) is 0.476. The van der Waals surface area contributed by atoms with Crippen LogP contribution in [-0.2, 0) is 4.79 Å². The molecule has 7 nitrogen and oxygen atoms in total. The van der Waals surface area contributed by atoms with Gasteiger partial charge in [-0.25, -0.2) is 0 Å². The summed E-state index contributed by atoms with van der Waals surface area (Å²) < 4.78 is 16.4. The first-order chi connectivity index (χ1) is 13.7. The summed E-state index contributed by atoms with van der Waals surface area (Å²) >= 11 is 0. The lowest BCUT2D eigenvalue weighted by atomic mass is 9.97. The van der Waals surface area contributed by atoms with Gasteiger partial charge in [0, 0.05) is 31.0 Å². The quantitative estimate of drug-likeness (QED) is 0.712. The molecule has 1 aromatic heterocycles. The van der Waals surface area contributed by atoms with Crippen molar-refractivity contribution in [3.05, 3.63) is 41.6 Å². The lowest BCUT2D eigenvalue weighted by molar-refractivity contribution is -0.127. The zero-order valence-electron chi connectivity index (χ0n) is 16.3. The van der Waals surface area contributed by atoms with E-state index in [1.54, 1.807) is 26.4 Å². The normalized spacial score (nSPS) is 17.9. The third kappa shape index (κ3) is 4.03. The van der Waals surface area contributed by atoms with Crippen LogP contribution in [0.4, 0.5) is 0 Å². The average molecular weight is 383 g/mol. The Bertz CT molecular complexity index is 864. The van der Waals surface area contributed by atoms with Gasteiger partial charge in [-0.15, -0.1) is 10.2 Å². The fourth-order valence-corrected chi connectivity index (χ4v) is 3.48. The molecule has 0 spiro atoms. The van der Waals surface area contributed by atoms with Gasteiger partial charge in [-0.05, 0) is 49.5 Å². The Morgan fingerprint density at radius 2 is 1.68 bits per heavy atom. The molecule has 2 aliphatic rings. The first kappa shape index (κ1) is 18.5. The van der Waals surface area contributed by atoms with Crippen LogP contribution >= 0.6 is 0 Å². The number of rotatable bonds is 6. The number of hydrogen-bond donors (Lipinski definition) is 0. The Morgan fingerprint density at radius 3 is 2.29 bits per heavy atom. The van der Waals surface area contributed by atoms with Crippen LogP contribution in [0.3, 0.4) is 0 Å². The molecule has 0 atom stereocenters. The van der Waals surface area contributed by atoms with E-state index in [1.807, 2.05) is 23.1 Å². The van der Waals surface area contributed by atoms with Crippen LogP contribution in [0.2, 0.25) is 0 Å². The Balaban J connectivity index is 1.32.